The topological polar surface area (TPSA) is 122 Å². The zero-order chi connectivity index (χ0) is 18.9. The molecule has 1 aromatic carbocycles. The van der Waals surface area contributed by atoms with Crippen LogP contribution in [0.2, 0.25) is 0 Å². The van der Waals surface area contributed by atoms with Gasteiger partial charge in [-0.25, -0.2) is 13.6 Å². The van der Waals surface area contributed by atoms with Gasteiger partial charge in [-0.2, -0.15) is 0 Å². The molecule has 0 aliphatic carbocycles. The van der Waals surface area contributed by atoms with Crippen LogP contribution in [0.1, 0.15) is 57.6 Å². The second-order valence-corrected chi connectivity index (χ2v) is 7.56. The first-order chi connectivity index (χ1) is 11.5. The Kier molecular flexibility index (Phi) is 5.15. The van der Waals surface area contributed by atoms with Crippen LogP contribution in [0.25, 0.3) is 0 Å². The standard InChI is InChI=1S/C17H21N3O4S/c1-9-15(12(4)21)11(3)19-16(9)17(22)20-10(2)13-6-5-7-14(8-13)25(18,23)24/h5-8,10,19H,1-4H3,(H,20,22)(H2,18,23,24). The number of aromatic amines is 1. The molecule has 0 spiro atoms. The van der Waals surface area contributed by atoms with E-state index in [0.29, 0.717) is 28.1 Å². The lowest BCUT2D eigenvalue weighted by atomic mass is 10.1. The van der Waals surface area contributed by atoms with E-state index >= 15 is 0 Å². The first kappa shape index (κ1) is 18.9. The summed E-state index contributed by atoms with van der Waals surface area (Å²) in [6.07, 6.45) is 0. The van der Waals surface area contributed by atoms with Crippen molar-refractivity contribution in [3.8, 4) is 0 Å². The second-order valence-electron chi connectivity index (χ2n) is 5.99. The molecule has 0 aliphatic heterocycles. The SMILES string of the molecule is CC(=O)c1c(C)[nH]c(C(=O)NC(C)c2cccc(S(N)(=O)=O)c2)c1C. The van der Waals surface area contributed by atoms with Gasteiger partial charge < -0.3 is 10.3 Å². The van der Waals surface area contributed by atoms with E-state index in [1.807, 2.05) is 0 Å². The van der Waals surface area contributed by atoms with Gasteiger partial charge in [0.2, 0.25) is 10.0 Å². The number of hydrogen-bond acceptors (Lipinski definition) is 4. The number of carbonyl (C=O) groups is 2. The Morgan fingerprint density at radius 1 is 1.24 bits per heavy atom. The van der Waals surface area contributed by atoms with Crippen molar-refractivity contribution in [1.82, 2.24) is 10.3 Å². The summed E-state index contributed by atoms with van der Waals surface area (Å²) in [5, 5.41) is 7.93. The maximum atomic E-state index is 12.5. The third kappa shape index (κ3) is 3.97. The van der Waals surface area contributed by atoms with Gasteiger partial charge in [-0.3, -0.25) is 9.59 Å². The minimum Gasteiger partial charge on any atom is -0.354 e. The van der Waals surface area contributed by atoms with Gasteiger partial charge in [0, 0.05) is 11.3 Å². The molecule has 0 fully saturated rings. The number of H-pyrrole nitrogens is 1. The largest absolute Gasteiger partial charge is 0.354 e. The summed E-state index contributed by atoms with van der Waals surface area (Å²) in [6, 6.07) is 5.64. The Hall–Kier alpha value is -2.45. The molecule has 1 atom stereocenters. The number of sulfonamides is 1. The normalized spacial score (nSPS) is 12.7. The highest BCUT2D eigenvalue weighted by atomic mass is 32.2. The Balaban J connectivity index is 2.27. The summed E-state index contributed by atoms with van der Waals surface area (Å²) in [4.78, 5) is 27.1. The molecule has 0 saturated carbocycles. The molecule has 0 radical (unpaired) electrons. The maximum Gasteiger partial charge on any atom is 0.268 e. The molecule has 1 amide bonds. The van der Waals surface area contributed by atoms with Gasteiger partial charge >= 0.3 is 0 Å². The predicted octanol–water partition coefficient (Wildman–Crippen LogP) is 1.97. The molecule has 2 aromatic rings. The summed E-state index contributed by atoms with van der Waals surface area (Å²) < 4.78 is 22.9. The number of primary sulfonamides is 1. The number of aromatic nitrogens is 1. The Morgan fingerprint density at radius 3 is 2.40 bits per heavy atom. The average Bonchev–Trinajstić information content (AvgIpc) is 2.81. The quantitative estimate of drug-likeness (QED) is 0.703. The Morgan fingerprint density at radius 2 is 1.88 bits per heavy atom. The van der Waals surface area contributed by atoms with Crippen molar-refractivity contribution in [2.45, 2.75) is 38.6 Å². The van der Waals surface area contributed by atoms with Crippen LogP contribution in [0.4, 0.5) is 0 Å². The van der Waals surface area contributed by atoms with Gasteiger partial charge in [-0.15, -0.1) is 0 Å². The molecule has 134 valence electrons. The van der Waals surface area contributed by atoms with Gasteiger partial charge in [0.05, 0.1) is 10.9 Å². The highest BCUT2D eigenvalue weighted by Crippen LogP contribution is 2.21. The van der Waals surface area contributed by atoms with E-state index in [4.69, 9.17) is 5.14 Å². The van der Waals surface area contributed by atoms with Crippen LogP contribution in [0.3, 0.4) is 0 Å². The van der Waals surface area contributed by atoms with Crippen molar-refractivity contribution in [2.24, 2.45) is 5.14 Å². The van der Waals surface area contributed by atoms with Gasteiger partial charge in [-0.1, -0.05) is 12.1 Å². The Labute approximate surface area is 146 Å². The first-order valence-corrected chi connectivity index (χ1v) is 9.20. The van der Waals surface area contributed by atoms with Gasteiger partial charge in [0.15, 0.2) is 5.78 Å². The van der Waals surface area contributed by atoms with Crippen LogP contribution in [0, 0.1) is 13.8 Å². The van der Waals surface area contributed by atoms with Crippen LogP contribution in [-0.2, 0) is 10.0 Å². The number of ketones is 1. The molecule has 1 aromatic heterocycles. The summed E-state index contributed by atoms with van der Waals surface area (Å²) in [6.45, 7) is 6.63. The van der Waals surface area contributed by atoms with Crippen molar-refractivity contribution < 1.29 is 18.0 Å². The number of carbonyl (C=O) groups excluding carboxylic acids is 2. The molecule has 1 heterocycles. The molecule has 1 unspecified atom stereocenters. The van der Waals surface area contributed by atoms with E-state index in [9.17, 15) is 18.0 Å². The summed E-state index contributed by atoms with van der Waals surface area (Å²) in [5.74, 6) is -0.485. The van der Waals surface area contributed by atoms with Crippen LogP contribution in [0.5, 0.6) is 0 Å². The van der Waals surface area contributed by atoms with Crippen LogP contribution >= 0.6 is 0 Å². The Bertz CT molecular complexity index is 945. The maximum absolute atomic E-state index is 12.5. The van der Waals surface area contributed by atoms with E-state index < -0.39 is 16.1 Å². The van der Waals surface area contributed by atoms with Gasteiger partial charge in [0.25, 0.3) is 5.91 Å². The number of aryl methyl sites for hydroxylation is 1. The molecule has 0 aliphatic rings. The highest BCUT2D eigenvalue weighted by molar-refractivity contribution is 7.89. The number of amides is 1. The molecule has 0 bridgehead atoms. The molecule has 25 heavy (non-hydrogen) atoms. The molecular formula is C17H21N3O4S. The van der Waals surface area contributed by atoms with E-state index in [0.717, 1.165) is 0 Å². The molecule has 7 nitrogen and oxygen atoms in total. The number of rotatable bonds is 5. The predicted molar refractivity (Wildman–Crippen MR) is 94.0 cm³/mol. The van der Waals surface area contributed by atoms with Crippen LogP contribution in [0.15, 0.2) is 29.2 Å². The van der Waals surface area contributed by atoms with E-state index in [1.54, 1.807) is 32.9 Å². The zero-order valence-electron chi connectivity index (χ0n) is 14.5. The van der Waals surface area contributed by atoms with Crippen LogP contribution < -0.4 is 10.5 Å². The van der Waals surface area contributed by atoms with Gasteiger partial charge in [-0.05, 0) is 51.0 Å². The third-order valence-electron chi connectivity index (χ3n) is 4.05. The molecule has 8 heteroatoms. The van der Waals surface area contributed by atoms with Crippen LogP contribution in [-0.4, -0.2) is 25.1 Å². The minimum atomic E-state index is -3.81. The van der Waals surface area contributed by atoms with Crippen molar-refractivity contribution in [3.05, 3.63) is 52.3 Å². The van der Waals surface area contributed by atoms with Crippen molar-refractivity contribution >= 4 is 21.7 Å². The van der Waals surface area contributed by atoms with E-state index in [1.165, 1.54) is 19.1 Å². The fourth-order valence-electron chi connectivity index (χ4n) is 2.82. The van der Waals surface area contributed by atoms with Crippen molar-refractivity contribution in [1.29, 1.82) is 0 Å². The minimum absolute atomic E-state index is 0.0168. The van der Waals surface area contributed by atoms with Gasteiger partial charge in [0.1, 0.15) is 5.69 Å². The lowest BCUT2D eigenvalue weighted by molar-refractivity contribution is 0.0934. The van der Waals surface area contributed by atoms with Crippen molar-refractivity contribution in [2.75, 3.05) is 0 Å². The second kappa shape index (κ2) is 6.81. The summed E-state index contributed by atoms with van der Waals surface area (Å²) in [7, 11) is -3.81. The fraction of sp³-hybridized carbons (Fsp3) is 0.294. The van der Waals surface area contributed by atoms with Crippen molar-refractivity contribution in [3.63, 3.8) is 0 Å². The lowest BCUT2D eigenvalue weighted by Gasteiger charge is -2.15. The molecule has 2 rings (SSSR count). The zero-order valence-corrected chi connectivity index (χ0v) is 15.3. The lowest BCUT2D eigenvalue weighted by Crippen LogP contribution is -2.27. The van der Waals surface area contributed by atoms with E-state index in [-0.39, 0.29) is 16.6 Å². The summed E-state index contributed by atoms with van der Waals surface area (Å²) in [5.41, 5.74) is 2.66. The monoisotopic (exact) mass is 363 g/mol. The third-order valence-corrected chi connectivity index (χ3v) is 4.96. The van der Waals surface area contributed by atoms with E-state index in [2.05, 4.69) is 10.3 Å². The molecule has 0 saturated heterocycles. The average molecular weight is 363 g/mol. The highest BCUT2D eigenvalue weighted by Gasteiger charge is 2.21. The number of Topliss-reactive ketones (excluding diaryl/α,β-unsaturated/α-hetero) is 1. The smallest absolute Gasteiger partial charge is 0.268 e. The number of benzene rings is 1. The number of nitrogens with two attached hydrogens (primary N) is 1. The number of nitrogens with one attached hydrogen (secondary N) is 2. The fourth-order valence-corrected chi connectivity index (χ4v) is 3.39. The number of hydrogen-bond donors (Lipinski definition) is 3. The molecule has 4 N–H and O–H groups in total. The summed E-state index contributed by atoms with van der Waals surface area (Å²) >= 11 is 0. The molecular weight excluding hydrogens is 342 g/mol. The first-order valence-electron chi connectivity index (χ1n) is 7.66.